The molecule has 9 nitrogen and oxygen atoms in total. The molecule has 0 spiro atoms. The molecule has 1 aliphatic carbocycles. The number of anilines is 4. The number of hydrogen-bond acceptors (Lipinski definition) is 7. The number of aromatic nitrogens is 4. The van der Waals surface area contributed by atoms with Crippen molar-refractivity contribution in [1.82, 2.24) is 24.8 Å². The van der Waals surface area contributed by atoms with Gasteiger partial charge in [-0.25, -0.2) is 9.97 Å². The zero-order chi connectivity index (χ0) is 25.2. The average Bonchev–Trinajstić information content (AvgIpc) is 3.61. The number of nitrogens with zero attached hydrogens (tertiary/aromatic N) is 5. The minimum Gasteiger partial charge on any atom is -0.368 e. The second-order valence-electron chi connectivity index (χ2n) is 10.00. The van der Waals surface area contributed by atoms with E-state index in [9.17, 15) is 4.79 Å². The van der Waals surface area contributed by atoms with E-state index in [0.717, 1.165) is 61.5 Å². The van der Waals surface area contributed by atoms with Gasteiger partial charge in [0.2, 0.25) is 5.95 Å². The van der Waals surface area contributed by atoms with Crippen LogP contribution in [0.2, 0.25) is 0 Å². The van der Waals surface area contributed by atoms with Crippen molar-refractivity contribution in [1.29, 1.82) is 0 Å². The fourth-order valence-electron chi connectivity index (χ4n) is 5.27. The van der Waals surface area contributed by atoms with Crippen LogP contribution >= 0.6 is 0 Å². The van der Waals surface area contributed by atoms with E-state index in [1.807, 2.05) is 48.7 Å². The summed E-state index contributed by atoms with van der Waals surface area (Å²) in [4.78, 5) is 35.2. The van der Waals surface area contributed by atoms with Gasteiger partial charge in [-0.1, -0.05) is 31.0 Å². The number of aromatic amines is 1. The van der Waals surface area contributed by atoms with Crippen LogP contribution in [0.25, 0.3) is 11.0 Å². The van der Waals surface area contributed by atoms with Crippen molar-refractivity contribution in [2.75, 3.05) is 48.8 Å². The number of fused-ring (bicyclic) bond motifs is 1. The average molecular weight is 497 g/mol. The van der Waals surface area contributed by atoms with Gasteiger partial charge in [0.05, 0.1) is 17.6 Å². The fraction of sp³-hybridized carbons (Fsp3) is 0.357. The maximum Gasteiger partial charge on any atom is 0.272 e. The molecule has 2 aliphatic rings. The normalized spacial score (nSPS) is 16.8. The first kappa shape index (κ1) is 23.4. The van der Waals surface area contributed by atoms with Crippen LogP contribution in [0.5, 0.6) is 0 Å². The molecular formula is C28H32N8O. The second kappa shape index (κ2) is 10.2. The fourth-order valence-corrected chi connectivity index (χ4v) is 5.27. The maximum absolute atomic E-state index is 12.9. The van der Waals surface area contributed by atoms with E-state index < -0.39 is 0 Å². The van der Waals surface area contributed by atoms with Crippen molar-refractivity contribution >= 4 is 40.1 Å². The van der Waals surface area contributed by atoms with Crippen molar-refractivity contribution in [2.24, 2.45) is 0 Å². The van der Waals surface area contributed by atoms with E-state index in [1.54, 1.807) is 0 Å². The highest BCUT2D eigenvalue weighted by atomic mass is 16.1. The first-order valence-electron chi connectivity index (χ1n) is 13.1. The Kier molecular flexibility index (Phi) is 6.44. The zero-order valence-electron chi connectivity index (χ0n) is 21.1. The summed E-state index contributed by atoms with van der Waals surface area (Å²) in [5.41, 5.74) is 4.00. The van der Waals surface area contributed by atoms with E-state index in [2.05, 4.69) is 43.5 Å². The topological polar surface area (TPSA) is 102 Å². The largest absolute Gasteiger partial charge is 0.368 e. The van der Waals surface area contributed by atoms with Crippen LogP contribution in [0.3, 0.4) is 0 Å². The van der Waals surface area contributed by atoms with Gasteiger partial charge >= 0.3 is 0 Å². The lowest BCUT2D eigenvalue weighted by molar-refractivity contribution is 0.102. The number of para-hydroxylation sites is 1. The summed E-state index contributed by atoms with van der Waals surface area (Å²) >= 11 is 0. The molecule has 4 heterocycles. The first-order chi connectivity index (χ1) is 18.1. The number of piperazine rings is 1. The quantitative estimate of drug-likeness (QED) is 0.354. The van der Waals surface area contributed by atoms with E-state index >= 15 is 0 Å². The number of carbonyl (C=O) groups excluding carboxylic acids is 1. The minimum absolute atomic E-state index is 0.197. The molecule has 1 amide bonds. The second-order valence-corrected chi connectivity index (χ2v) is 10.00. The van der Waals surface area contributed by atoms with Crippen molar-refractivity contribution in [2.45, 2.75) is 31.6 Å². The zero-order valence-corrected chi connectivity index (χ0v) is 21.1. The molecule has 3 aromatic heterocycles. The summed E-state index contributed by atoms with van der Waals surface area (Å²) in [6, 6.07) is 15.4. The number of nitrogens with one attached hydrogen (secondary N) is 3. The molecule has 9 heteroatoms. The van der Waals surface area contributed by atoms with Gasteiger partial charge in [-0.05, 0) is 50.2 Å². The molecule has 190 valence electrons. The molecular weight excluding hydrogens is 464 g/mol. The summed E-state index contributed by atoms with van der Waals surface area (Å²) in [5, 5.41) is 7.15. The number of likely N-dealkylation sites (N-methyl/N-ethyl adjacent to an activating group) is 1. The number of hydrogen-bond donors (Lipinski definition) is 3. The molecule has 3 N–H and O–H groups in total. The highest BCUT2D eigenvalue weighted by molar-refractivity contribution is 6.05. The summed E-state index contributed by atoms with van der Waals surface area (Å²) < 4.78 is 0. The first-order valence-corrected chi connectivity index (χ1v) is 13.1. The molecule has 0 unspecified atom stereocenters. The molecule has 1 aliphatic heterocycles. The molecule has 1 saturated heterocycles. The molecule has 0 bridgehead atoms. The summed E-state index contributed by atoms with van der Waals surface area (Å²) in [5.74, 6) is 1.35. The highest BCUT2D eigenvalue weighted by Gasteiger charge is 2.24. The molecule has 6 rings (SSSR count). The molecule has 2 fully saturated rings. The molecule has 1 saturated carbocycles. The lowest BCUT2D eigenvalue weighted by Crippen LogP contribution is -2.44. The molecule has 0 atom stereocenters. The third kappa shape index (κ3) is 5.13. The molecule has 0 radical (unpaired) electrons. The van der Waals surface area contributed by atoms with Crippen molar-refractivity contribution in [3.05, 3.63) is 66.1 Å². The number of amides is 1. The Morgan fingerprint density at radius 3 is 2.51 bits per heavy atom. The van der Waals surface area contributed by atoms with Gasteiger partial charge in [-0.3, -0.25) is 4.79 Å². The Bertz CT molecular complexity index is 1370. The van der Waals surface area contributed by atoms with Crippen LogP contribution in [-0.4, -0.2) is 64.0 Å². The van der Waals surface area contributed by atoms with Gasteiger partial charge in [-0.2, -0.15) is 4.98 Å². The Morgan fingerprint density at radius 1 is 1.00 bits per heavy atom. The van der Waals surface area contributed by atoms with Crippen LogP contribution in [-0.2, 0) is 0 Å². The lowest BCUT2D eigenvalue weighted by Gasteiger charge is -2.33. The number of rotatable bonds is 6. The van der Waals surface area contributed by atoms with Gasteiger partial charge in [0.15, 0.2) is 0 Å². The number of benzene rings is 1. The van der Waals surface area contributed by atoms with Crippen molar-refractivity contribution in [3.63, 3.8) is 0 Å². The third-order valence-electron chi connectivity index (χ3n) is 7.39. The standard InChI is InChI=1S/C28H32N8O/c1-35-13-15-36(16-14-35)21-11-12-24(29-18-21)32-28-33-25(19-7-5-6-8-19)22-17-23(31-26(22)34-28)27(37)30-20-9-3-2-4-10-20/h2-4,9-12,17-19H,5-8,13-16H2,1H3,(H,30,37)(H2,29,31,32,33,34). The predicted molar refractivity (Wildman–Crippen MR) is 147 cm³/mol. The van der Waals surface area contributed by atoms with Gasteiger partial charge in [-0.15, -0.1) is 0 Å². The number of pyridine rings is 1. The van der Waals surface area contributed by atoms with Crippen LogP contribution < -0.4 is 15.5 Å². The van der Waals surface area contributed by atoms with Gasteiger partial charge < -0.3 is 25.4 Å². The number of H-pyrrole nitrogens is 1. The van der Waals surface area contributed by atoms with Crippen LogP contribution in [0.15, 0.2) is 54.7 Å². The van der Waals surface area contributed by atoms with Crippen LogP contribution in [0.4, 0.5) is 23.1 Å². The van der Waals surface area contributed by atoms with E-state index in [0.29, 0.717) is 29.0 Å². The number of carbonyl (C=O) groups is 1. The molecule has 4 aromatic rings. The van der Waals surface area contributed by atoms with Gasteiger partial charge in [0.25, 0.3) is 5.91 Å². The van der Waals surface area contributed by atoms with Gasteiger partial charge in [0.1, 0.15) is 17.2 Å². The monoisotopic (exact) mass is 496 g/mol. The Labute approximate surface area is 216 Å². The summed E-state index contributed by atoms with van der Waals surface area (Å²) in [6.07, 6.45) is 6.49. The Morgan fingerprint density at radius 2 is 1.78 bits per heavy atom. The smallest absolute Gasteiger partial charge is 0.272 e. The predicted octanol–water partition coefficient (Wildman–Crippen LogP) is 4.76. The SMILES string of the molecule is CN1CCN(c2ccc(Nc3nc(C4CCCC4)c4cc(C(=O)Nc5ccccc5)[nH]c4n3)nc2)CC1. The summed E-state index contributed by atoms with van der Waals surface area (Å²) in [6.45, 7) is 4.11. The summed E-state index contributed by atoms with van der Waals surface area (Å²) in [7, 11) is 2.15. The molecule has 37 heavy (non-hydrogen) atoms. The van der Waals surface area contributed by atoms with Crippen molar-refractivity contribution < 1.29 is 4.79 Å². The van der Waals surface area contributed by atoms with Crippen LogP contribution in [0, 0.1) is 0 Å². The van der Waals surface area contributed by atoms with E-state index in [1.165, 1.54) is 12.8 Å². The maximum atomic E-state index is 12.9. The third-order valence-corrected chi connectivity index (χ3v) is 7.39. The Hall–Kier alpha value is -3.98. The van der Waals surface area contributed by atoms with E-state index in [4.69, 9.17) is 9.97 Å². The minimum atomic E-state index is -0.197. The van der Waals surface area contributed by atoms with Gasteiger partial charge in [0, 0.05) is 43.2 Å². The molecule has 1 aromatic carbocycles. The van der Waals surface area contributed by atoms with E-state index in [-0.39, 0.29) is 5.91 Å². The van der Waals surface area contributed by atoms with Crippen LogP contribution in [0.1, 0.15) is 47.8 Å². The lowest BCUT2D eigenvalue weighted by atomic mass is 10.0. The Balaban J connectivity index is 1.26. The highest BCUT2D eigenvalue weighted by Crippen LogP contribution is 2.37. The van der Waals surface area contributed by atoms with Crippen molar-refractivity contribution in [3.8, 4) is 0 Å².